The molecule has 2 unspecified atom stereocenters. The van der Waals surface area contributed by atoms with Crippen LogP contribution in [0.4, 0.5) is 0 Å². The third-order valence-electron chi connectivity index (χ3n) is 8.80. The van der Waals surface area contributed by atoms with Crippen molar-refractivity contribution in [2.45, 2.75) is 51.6 Å². The molecule has 0 spiro atoms. The van der Waals surface area contributed by atoms with Gasteiger partial charge < -0.3 is 24.8 Å². The Balaban J connectivity index is 0.000000180. The van der Waals surface area contributed by atoms with E-state index in [1.165, 1.54) is 66.1 Å². The van der Waals surface area contributed by atoms with Crippen LogP contribution >= 0.6 is 0 Å². The Morgan fingerprint density at radius 2 is 0.913 bits per heavy atom. The number of hydrogen-bond acceptors (Lipinski definition) is 0. The van der Waals surface area contributed by atoms with Gasteiger partial charge in [0.2, 0.25) is 0 Å². The van der Waals surface area contributed by atoms with Crippen molar-refractivity contribution in [3.63, 3.8) is 0 Å². The summed E-state index contributed by atoms with van der Waals surface area (Å²) in [4.78, 5) is 0. The molecule has 2 aliphatic rings. The maximum atomic E-state index is 2.37. The molecule has 0 nitrogen and oxygen atoms in total. The Morgan fingerprint density at radius 1 is 0.565 bits per heavy atom. The quantitative estimate of drug-likeness (QED) is 0.159. The van der Waals surface area contributed by atoms with E-state index in [0.717, 1.165) is 12.8 Å². The van der Waals surface area contributed by atoms with Gasteiger partial charge in [-0.25, -0.2) is 0 Å². The van der Waals surface area contributed by atoms with Crippen molar-refractivity contribution >= 4 is 39.1 Å². The third-order valence-corrected chi connectivity index (χ3v) is 8.80. The van der Waals surface area contributed by atoms with Gasteiger partial charge in [0.1, 0.15) is 0 Å². The molecule has 0 saturated carbocycles. The van der Waals surface area contributed by atoms with Gasteiger partial charge in [0.05, 0.1) is 0 Å². The molecular formula is C42H40Cl2SiZr-2. The number of hydrogen-bond donors (Lipinski definition) is 0. The largest absolute Gasteiger partial charge is 1.00 e. The smallest absolute Gasteiger partial charge is 1.00 e. The molecule has 0 bridgehead atoms. The summed E-state index contributed by atoms with van der Waals surface area (Å²) in [7, 11) is 0. The molecule has 4 heteroatoms. The van der Waals surface area contributed by atoms with Crippen molar-refractivity contribution in [1.29, 1.82) is 0 Å². The van der Waals surface area contributed by atoms with Gasteiger partial charge in [-0.2, -0.15) is 12.1 Å². The minimum absolute atomic E-state index is 0. The minimum Gasteiger partial charge on any atom is -1.00 e. The van der Waals surface area contributed by atoms with Gasteiger partial charge in [-0.15, -0.1) is 81.2 Å². The van der Waals surface area contributed by atoms with Crippen molar-refractivity contribution in [1.82, 2.24) is 0 Å². The molecule has 0 N–H and O–H groups in total. The molecule has 6 aromatic carbocycles. The van der Waals surface area contributed by atoms with Crippen LogP contribution in [0.25, 0.3) is 33.7 Å². The first-order chi connectivity index (χ1) is 21.5. The molecule has 2 aliphatic carbocycles. The van der Waals surface area contributed by atoms with E-state index in [-0.39, 0.29) is 30.2 Å². The summed E-state index contributed by atoms with van der Waals surface area (Å²) in [6.07, 6.45) is 6.97. The van der Waals surface area contributed by atoms with E-state index in [9.17, 15) is 0 Å². The van der Waals surface area contributed by atoms with Crippen LogP contribution in [0.2, 0.25) is 13.1 Å². The van der Waals surface area contributed by atoms with E-state index < -0.39 is 0 Å². The van der Waals surface area contributed by atoms with Gasteiger partial charge in [-0.3, -0.25) is 0 Å². The predicted octanol–water partition coefficient (Wildman–Crippen LogP) is 5.79. The zero-order valence-electron chi connectivity index (χ0n) is 27.0. The minimum atomic E-state index is 0. The predicted molar refractivity (Wildman–Crippen MR) is 190 cm³/mol. The van der Waals surface area contributed by atoms with Gasteiger partial charge >= 0.3 is 41.9 Å². The van der Waals surface area contributed by atoms with E-state index in [2.05, 4.69) is 160 Å². The van der Waals surface area contributed by atoms with Crippen molar-refractivity contribution in [3.8, 4) is 0 Å². The van der Waals surface area contributed by atoms with Crippen LogP contribution in [0.15, 0.2) is 132 Å². The molecule has 0 amide bonds. The molecule has 46 heavy (non-hydrogen) atoms. The van der Waals surface area contributed by atoms with Gasteiger partial charge in [0.25, 0.3) is 0 Å². The van der Waals surface area contributed by atoms with Crippen LogP contribution in [0.1, 0.15) is 71.9 Å². The Morgan fingerprint density at radius 3 is 1.28 bits per heavy atom. The van der Waals surface area contributed by atoms with Gasteiger partial charge in [-0.1, -0.05) is 97.8 Å². The van der Waals surface area contributed by atoms with Crippen LogP contribution in [0, 0.1) is 0 Å². The zero-order chi connectivity index (χ0) is 30.6. The van der Waals surface area contributed by atoms with Crippen LogP contribution in [-0.2, 0) is 23.3 Å². The summed E-state index contributed by atoms with van der Waals surface area (Å²) in [5.74, 6) is 0.896. The van der Waals surface area contributed by atoms with E-state index in [0.29, 0.717) is 11.8 Å². The van der Waals surface area contributed by atoms with Crippen LogP contribution in [-0.4, -0.2) is 5.43 Å². The monoisotopic (exact) mass is 732 g/mol. The molecule has 0 aliphatic heterocycles. The molecule has 6 aromatic rings. The number of halogens is 2. The Kier molecular flexibility index (Phi) is 12.9. The van der Waals surface area contributed by atoms with Crippen molar-refractivity contribution < 1.29 is 48.1 Å². The molecular weight excluding hydrogens is 695 g/mol. The normalized spacial score (nSPS) is 15.6. The number of fused-ring (bicyclic) bond motifs is 4. The maximum absolute atomic E-state index is 2.37. The van der Waals surface area contributed by atoms with Crippen molar-refractivity contribution in [2.75, 3.05) is 0 Å². The summed E-state index contributed by atoms with van der Waals surface area (Å²) >= 11 is 1.74. The SMILES string of the molecule is CCC1=Cc2ccccc2C1c1cc2ccccc2[cH-]1.CCC1=Cc2ccccc2C1c1cc2ccccc2[cH-]1.C[Si](C)=[Zr+2].[Cl-].[Cl-]. The molecule has 232 valence electrons. The van der Waals surface area contributed by atoms with E-state index in [1.54, 1.807) is 23.3 Å². The summed E-state index contributed by atoms with van der Waals surface area (Å²) in [6, 6.07) is 44.3. The van der Waals surface area contributed by atoms with Gasteiger partial charge in [-0.05, 0) is 35.1 Å². The van der Waals surface area contributed by atoms with Crippen LogP contribution in [0.3, 0.4) is 0 Å². The fourth-order valence-corrected chi connectivity index (χ4v) is 6.86. The molecule has 0 fully saturated rings. The van der Waals surface area contributed by atoms with Crippen molar-refractivity contribution in [2.24, 2.45) is 0 Å². The summed E-state index contributed by atoms with van der Waals surface area (Å²) in [5.41, 5.74) is 11.8. The number of allylic oxidation sites excluding steroid dienone is 2. The molecule has 0 saturated heterocycles. The molecule has 0 heterocycles. The van der Waals surface area contributed by atoms with Gasteiger partial charge in [0.15, 0.2) is 0 Å². The Bertz CT molecular complexity index is 1800. The second-order valence-electron chi connectivity index (χ2n) is 12.1. The van der Waals surface area contributed by atoms with Crippen molar-refractivity contribution in [3.05, 3.63) is 166 Å². The first kappa shape index (κ1) is 36.1. The van der Waals surface area contributed by atoms with E-state index in [4.69, 9.17) is 0 Å². The first-order valence-electron chi connectivity index (χ1n) is 15.9. The van der Waals surface area contributed by atoms with Crippen LogP contribution < -0.4 is 24.8 Å². The van der Waals surface area contributed by atoms with E-state index in [1.807, 2.05) is 0 Å². The third kappa shape index (κ3) is 7.69. The summed E-state index contributed by atoms with van der Waals surface area (Å²) in [5, 5.41) is 5.40. The number of benzene rings is 4. The standard InChI is InChI=1S/2C20H17.C2H6Si.2ClH.Zr/c2*1-2-14-11-17-9-5-6-10-19(17)20(14)18-12-15-7-3-4-8-16(15)13-18;1-3-2;;;/h2*3-13,20H,2H2,1H3;1-2H3;2*1H;/q2*-1;;;;+2/p-2. The summed E-state index contributed by atoms with van der Waals surface area (Å²) < 4.78 is 0. The maximum Gasteiger partial charge on any atom is -1.00 e. The molecule has 0 aromatic heterocycles. The Hall–Kier alpha value is -2.74. The average molecular weight is 735 g/mol. The molecule has 8 rings (SSSR count). The number of rotatable bonds is 4. The zero-order valence-corrected chi connectivity index (χ0v) is 32.0. The fourth-order valence-electron chi connectivity index (χ4n) is 6.86. The average Bonchev–Trinajstić information content (AvgIpc) is 3.81. The second kappa shape index (κ2) is 16.4. The topological polar surface area (TPSA) is 0 Å². The van der Waals surface area contributed by atoms with Crippen LogP contribution in [0.5, 0.6) is 0 Å². The molecule has 0 radical (unpaired) electrons. The Labute approximate surface area is 302 Å². The summed E-state index contributed by atoms with van der Waals surface area (Å²) in [6.45, 7) is 9.13. The second-order valence-corrected chi connectivity index (χ2v) is 21.5. The molecule has 2 atom stereocenters. The first-order valence-corrected chi connectivity index (χ1v) is 22.1. The fraction of sp³-hybridized carbons (Fsp3) is 0.190. The van der Waals surface area contributed by atoms with Gasteiger partial charge in [0, 0.05) is 11.8 Å². The van der Waals surface area contributed by atoms with E-state index >= 15 is 0 Å².